The van der Waals surface area contributed by atoms with Gasteiger partial charge in [0.05, 0.1) is 6.61 Å². The fourth-order valence-electron chi connectivity index (χ4n) is 1.62. The molecule has 0 fully saturated rings. The van der Waals surface area contributed by atoms with Gasteiger partial charge in [-0.3, -0.25) is 0 Å². The Morgan fingerprint density at radius 3 is 2.61 bits per heavy atom. The van der Waals surface area contributed by atoms with Gasteiger partial charge < -0.3 is 15.4 Å². The van der Waals surface area contributed by atoms with Gasteiger partial charge in [-0.2, -0.15) is 0 Å². The molecule has 0 aliphatic heterocycles. The quantitative estimate of drug-likeness (QED) is 0.578. The van der Waals surface area contributed by atoms with Crippen molar-refractivity contribution in [3.63, 3.8) is 0 Å². The molecule has 0 aliphatic rings. The van der Waals surface area contributed by atoms with Crippen molar-refractivity contribution in [3.8, 4) is 0 Å². The SMILES string of the molecule is CNC(C)c1cc(C)nc(NCOCC(C)C)c1. The van der Waals surface area contributed by atoms with Crippen LogP contribution in [0, 0.1) is 12.8 Å². The van der Waals surface area contributed by atoms with Gasteiger partial charge in [-0.15, -0.1) is 0 Å². The molecule has 0 saturated heterocycles. The van der Waals surface area contributed by atoms with E-state index < -0.39 is 0 Å². The first-order chi connectivity index (χ1) is 8.52. The van der Waals surface area contributed by atoms with Gasteiger partial charge in [0, 0.05) is 11.7 Å². The van der Waals surface area contributed by atoms with Gasteiger partial charge in [-0.1, -0.05) is 13.8 Å². The van der Waals surface area contributed by atoms with Crippen LogP contribution in [0.4, 0.5) is 5.82 Å². The zero-order valence-corrected chi connectivity index (χ0v) is 12.1. The number of pyridine rings is 1. The number of hydrogen-bond acceptors (Lipinski definition) is 4. The van der Waals surface area contributed by atoms with Gasteiger partial charge in [-0.05, 0) is 44.5 Å². The van der Waals surface area contributed by atoms with Crippen molar-refractivity contribution >= 4 is 5.82 Å². The number of anilines is 1. The third-order valence-corrected chi connectivity index (χ3v) is 2.72. The zero-order valence-electron chi connectivity index (χ0n) is 12.1. The molecule has 1 aromatic rings. The van der Waals surface area contributed by atoms with E-state index in [0.29, 0.717) is 18.7 Å². The van der Waals surface area contributed by atoms with Crippen molar-refractivity contribution in [2.75, 3.05) is 25.7 Å². The van der Waals surface area contributed by atoms with Crippen molar-refractivity contribution in [3.05, 3.63) is 23.4 Å². The molecule has 0 radical (unpaired) electrons. The molecule has 0 spiro atoms. The van der Waals surface area contributed by atoms with E-state index in [1.54, 1.807) is 0 Å². The normalized spacial score (nSPS) is 12.8. The Bertz CT molecular complexity index is 366. The van der Waals surface area contributed by atoms with Crippen LogP contribution in [-0.4, -0.2) is 25.4 Å². The predicted molar refractivity (Wildman–Crippen MR) is 75.7 cm³/mol. The summed E-state index contributed by atoms with van der Waals surface area (Å²) in [5.74, 6) is 1.42. The van der Waals surface area contributed by atoms with Crippen molar-refractivity contribution in [2.24, 2.45) is 5.92 Å². The summed E-state index contributed by atoms with van der Waals surface area (Å²) in [7, 11) is 1.96. The van der Waals surface area contributed by atoms with Crippen molar-refractivity contribution in [1.82, 2.24) is 10.3 Å². The van der Waals surface area contributed by atoms with E-state index in [1.165, 1.54) is 5.56 Å². The second kappa shape index (κ2) is 7.34. The molecular formula is C14H25N3O. The maximum atomic E-state index is 5.50. The number of aromatic nitrogens is 1. The minimum absolute atomic E-state index is 0.323. The first-order valence-corrected chi connectivity index (χ1v) is 6.50. The summed E-state index contributed by atoms with van der Waals surface area (Å²) in [6, 6.07) is 4.48. The Kier molecular flexibility index (Phi) is 6.09. The molecule has 4 heteroatoms. The van der Waals surface area contributed by atoms with E-state index in [-0.39, 0.29) is 0 Å². The van der Waals surface area contributed by atoms with E-state index in [0.717, 1.165) is 18.1 Å². The van der Waals surface area contributed by atoms with Crippen LogP contribution in [0.3, 0.4) is 0 Å². The zero-order chi connectivity index (χ0) is 13.5. The second-order valence-electron chi connectivity index (χ2n) is 5.02. The molecule has 4 nitrogen and oxygen atoms in total. The number of aryl methyl sites for hydroxylation is 1. The summed E-state index contributed by atoms with van der Waals surface area (Å²) in [5.41, 5.74) is 2.25. The van der Waals surface area contributed by atoms with Gasteiger partial charge in [0.15, 0.2) is 0 Å². The molecule has 1 atom stereocenters. The topological polar surface area (TPSA) is 46.2 Å². The van der Waals surface area contributed by atoms with Gasteiger partial charge in [0.25, 0.3) is 0 Å². The summed E-state index contributed by atoms with van der Waals surface area (Å²) >= 11 is 0. The number of ether oxygens (including phenoxy) is 1. The summed E-state index contributed by atoms with van der Waals surface area (Å²) < 4.78 is 5.50. The number of rotatable bonds is 7. The van der Waals surface area contributed by atoms with Crippen LogP contribution >= 0.6 is 0 Å². The molecule has 0 bridgehead atoms. The minimum Gasteiger partial charge on any atom is -0.361 e. The molecule has 102 valence electrons. The smallest absolute Gasteiger partial charge is 0.128 e. The van der Waals surface area contributed by atoms with Crippen LogP contribution < -0.4 is 10.6 Å². The van der Waals surface area contributed by atoms with Gasteiger partial charge >= 0.3 is 0 Å². The molecule has 0 saturated carbocycles. The second-order valence-corrected chi connectivity index (χ2v) is 5.02. The molecule has 1 heterocycles. The van der Waals surface area contributed by atoms with Crippen LogP contribution in [0.2, 0.25) is 0 Å². The molecule has 18 heavy (non-hydrogen) atoms. The van der Waals surface area contributed by atoms with E-state index in [4.69, 9.17) is 4.74 Å². The lowest BCUT2D eigenvalue weighted by molar-refractivity contribution is 0.125. The average Bonchev–Trinajstić information content (AvgIpc) is 2.32. The Labute approximate surface area is 110 Å². The van der Waals surface area contributed by atoms with Crippen LogP contribution in [0.5, 0.6) is 0 Å². The van der Waals surface area contributed by atoms with Crippen LogP contribution in [0.15, 0.2) is 12.1 Å². The largest absolute Gasteiger partial charge is 0.361 e. The number of nitrogens with one attached hydrogen (secondary N) is 2. The fourth-order valence-corrected chi connectivity index (χ4v) is 1.62. The first kappa shape index (κ1) is 14.9. The molecule has 0 aliphatic carbocycles. The Balaban J connectivity index is 2.57. The lowest BCUT2D eigenvalue weighted by atomic mass is 10.1. The summed E-state index contributed by atoms with van der Waals surface area (Å²) in [6.45, 7) is 9.68. The molecule has 1 rings (SSSR count). The van der Waals surface area contributed by atoms with Crippen molar-refractivity contribution in [1.29, 1.82) is 0 Å². The summed E-state index contributed by atoms with van der Waals surface area (Å²) in [6.07, 6.45) is 0. The van der Waals surface area contributed by atoms with E-state index in [9.17, 15) is 0 Å². The van der Waals surface area contributed by atoms with E-state index in [1.807, 2.05) is 14.0 Å². The van der Waals surface area contributed by atoms with Crippen LogP contribution in [0.25, 0.3) is 0 Å². The number of hydrogen-bond donors (Lipinski definition) is 2. The lowest BCUT2D eigenvalue weighted by Gasteiger charge is -2.14. The molecule has 1 unspecified atom stereocenters. The Hall–Kier alpha value is -1.13. The molecule has 2 N–H and O–H groups in total. The van der Waals surface area contributed by atoms with Gasteiger partial charge in [0.2, 0.25) is 0 Å². The maximum Gasteiger partial charge on any atom is 0.128 e. The fraction of sp³-hybridized carbons (Fsp3) is 0.643. The highest BCUT2D eigenvalue weighted by atomic mass is 16.5. The van der Waals surface area contributed by atoms with E-state index >= 15 is 0 Å². The molecule has 0 amide bonds. The highest BCUT2D eigenvalue weighted by Gasteiger charge is 2.05. The summed E-state index contributed by atoms with van der Waals surface area (Å²) in [4.78, 5) is 4.45. The standard InChI is InChI=1S/C14H25N3O/c1-10(2)8-18-9-16-14-7-13(12(4)15-5)6-11(3)17-14/h6-7,10,12,15H,8-9H2,1-5H3,(H,16,17). The third-order valence-electron chi connectivity index (χ3n) is 2.72. The molecular weight excluding hydrogens is 226 g/mol. The molecule has 1 aromatic heterocycles. The highest BCUT2D eigenvalue weighted by Crippen LogP contribution is 2.16. The average molecular weight is 251 g/mol. The Morgan fingerprint density at radius 2 is 2.00 bits per heavy atom. The van der Waals surface area contributed by atoms with Crippen molar-refractivity contribution < 1.29 is 4.74 Å². The third kappa shape index (κ3) is 5.02. The minimum atomic E-state index is 0.323. The monoisotopic (exact) mass is 251 g/mol. The number of nitrogens with zero attached hydrogens (tertiary/aromatic N) is 1. The van der Waals surface area contributed by atoms with Crippen LogP contribution in [0.1, 0.15) is 38.1 Å². The van der Waals surface area contributed by atoms with Crippen LogP contribution in [-0.2, 0) is 4.74 Å². The first-order valence-electron chi connectivity index (χ1n) is 6.50. The Morgan fingerprint density at radius 1 is 1.28 bits per heavy atom. The highest BCUT2D eigenvalue weighted by molar-refractivity contribution is 5.40. The maximum absolute atomic E-state index is 5.50. The van der Waals surface area contributed by atoms with Gasteiger partial charge in [-0.25, -0.2) is 4.98 Å². The van der Waals surface area contributed by atoms with E-state index in [2.05, 4.69) is 48.5 Å². The summed E-state index contributed by atoms with van der Waals surface area (Å²) in [5, 5.41) is 6.43. The molecule has 0 aromatic carbocycles. The van der Waals surface area contributed by atoms with Gasteiger partial charge in [0.1, 0.15) is 12.5 Å². The predicted octanol–water partition coefficient (Wildman–Crippen LogP) is 2.71. The lowest BCUT2D eigenvalue weighted by Crippen LogP contribution is -2.15. The van der Waals surface area contributed by atoms with Crippen molar-refractivity contribution in [2.45, 2.75) is 33.7 Å².